The fraction of sp³-hybridized carbons (Fsp3) is 0.0769. The minimum absolute atomic E-state index is 0.0459. The van der Waals surface area contributed by atoms with Gasteiger partial charge in [0.05, 0.1) is 5.69 Å². The molecule has 1 aromatic carbocycles. The number of nitrogens with zero attached hydrogens (tertiary/aromatic N) is 1. The largest absolute Gasteiger partial charge is 0.388 e. The van der Waals surface area contributed by atoms with Crippen LogP contribution in [0.1, 0.15) is 11.3 Å². The van der Waals surface area contributed by atoms with Crippen molar-refractivity contribution in [3.63, 3.8) is 0 Å². The third kappa shape index (κ3) is 4.21. The highest BCUT2D eigenvalue weighted by atomic mass is 35.5. The summed E-state index contributed by atoms with van der Waals surface area (Å²) < 4.78 is 26.7. The van der Waals surface area contributed by atoms with Gasteiger partial charge in [0, 0.05) is 17.8 Å². The van der Waals surface area contributed by atoms with E-state index in [2.05, 4.69) is 9.71 Å². The zero-order valence-corrected chi connectivity index (χ0v) is 13.2. The lowest BCUT2D eigenvalue weighted by Gasteiger charge is -2.07. The molecule has 0 saturated carbocycles. The number of thiocarbonyl (C=S) groups is 1. The summed E-state index contributed by atoms with van der Waals surface area (Å²) in [5.41, 5.74) is 6.55. The van der Waals surface area contributed by atoms with Crippen molar-refractivity contribution in [2.24, 2.45) is 5.73 Å². The van der Waals surface area contributed by atoms with Crippen LogP contribution in [0.5, 0.6) is 0 Å². The minimum Gasteiger partial charge on any atom is -0.388 e. The maximum absolute atomic E-state index is 12.1. The number of rotatable bonds is 5. The summed E-state index contributed by atoms with van der Waals surface area (Å²) in [4.78, 5) is 4.07. The zero-order valence-electron chi connectivity index (χ0n) is 10.8. The second kappa shape index (κ2) is 6.48. The molecule has 0 unspecified atom stereocenters. The molecule has 1 aromatic heterocycles. The summed E-state index contributed by atoms with van der Waals surface area (Å²) in [6.45, 7) is 0.139. The average Bonchev–Trinajstić information content (AvgIpc) is 2.45. The van der Waals surface area contributed by atoms with Crippen LogP contribution in [0.15, 0.2) is 47.5 Å². The molecule has 0 aliphatic heterocycles. The van der Waals surface area contributed by atoms with Crippen molar-refractivity contribution in [1.82, 2.24) is 9.71 Å². The van der Waals surface area contributed by atoms with Crippen LogP contribution < -0.4 is 10.5 Å². The first kappa shape index (κ1) is 15.8. The van der Waals surface area contributed by atoms with Gasteiger partial charge in [0.15, 0.2) is 0 Å². The van der Waals surface area contributed by atoms with Crippen LogP contribution in [-0.2, 0) is 16.6 Å². The van der Waals surface area contributed by atoms with E-state index in [-0.39, 0.29) is 16.4 Å². The van der Waals surface area contributed by atoms with Gasteiger partial charge >= 0.3 is 0 Å². The maximum atomic E-state index is 12.1. The molecule has 0 spiro atoms. The number of aromatic nitrogens is 1. The summed E-state index contributed by atoms with van der Waals surface area (Å²) >= 11 is 10.6. The third-order valence-electron chi connectivity index (χ3n) is 2.65. The molecule has 0 fully saturated rings. The van der Waals surface area contributed by atoms with Crippen LogP contribution in [0.25, 0.3) is 0 Å². The third-order valence-corrected chi connectivity index (χ3v) is 4.49. The Bertz CT molecular complexity index is 761. The molecular weight excluding hydrogens is 330 g/mol. The molecule has 0 atom stereocenters. The first-order chi connectivity index (χ1) is 9.88. The Kier molecular flexibility index (Phi) is 4.89. The number of hydrogen-bond donors (Lipinski definition) is 2. The van der Waals surface area contributed by atoms with E-state index in [0.29, 0.717) is 10.7 Å². The van der Waals surface area contributed by atoms with Crippen LogP contribution in [0.2, 0.25) is 5.02 Å². The minimum atomic E-state index is -3.65. The SMILES string of the molecule is NC(=S)c1ccc(S(=O)(=O)NCc2cccc(Cl)c2)cn1. The standard InChI is InChI=1S/C13H12ClN3O2S2/c14-10-3-1-2-9(6-10)7-17-21(18,19)11-4-5-12(13(15)20)16-8-11/h1-6,8,17H,7H2,(H2,15,20). The molecule has 0 aliphatic carbocycles. The topological polar surface area (TPSA) is 85.1 Å². The van der Waals surface area contributed by atoms with E-state index in [1.165, 1.54) is 18.3 Å². The van der Waals surface area contributed by atoms with Gasteiger partial charge in [0.2, 0.25) is 10.0 Å². The van der Waals surface area contributed by atoms with E-state index >= 15 is 0 Å². The molecule has 2 aromatic rings. The Morgan fingerprint density at radius 1 is 1.33 bits per heavy atom. The van der Waals surface area contributed by atoms with Crippen LogP contribution in [0.4, 0.5) is 0 Å². The Labute approximate surface area is 133 Å². The molecule has 5 nitrogen and oxygen atoms in total. The highest BCUT2D eigenvalue weighted by molar-refractivity contribution is 7.89. The van der Waals surface area contributed by atoms with Crippen molar-refractivity contribution < 1.29 is 8.42 Å². The summed E-state index contributed by atoms with van der Waals surface area (Å²) in [7, 11) is -3.65. The molecular formula is C13H12ClN3O2S2. The Morgan fingerprint density at radius 2 is 2.10 bits per heavy atom. The Hall–Kier alpha value is -1.54. The lowest BCUT2D eigenvalue weighted by atomic mass is 10.2. The maximum Gasteiger partial charge on any atom is 0.242 e. The molecule has 0 bridgehead atoms. The van der Waals surface area contributed by atoms with E-state index in [9.17, 15) is 8.42 Å². The normalized spacial score (nSPS) is 11.3. The van der Waals surface area contributed by atoms with Gasteiger partial charge in [-0.15, -0.1) is 0 Å². The van der Waals surface area contributed by atoms with Crippen molar-refractivity contribution in [3.8, 4) is 0 Å². The highest BCUT2D eigenvalue weighted by Gasteiger charge is 2.14. The highest BCUT2D eigenvalue weighted by Crippen LogP contribution is 2.12. The predicted octanol–water partition coefficient (Wildman–Crippen LogP) is 1.85. The zero-order chi connectivity index (χ0) is 15.5. The van der Waals surface area contributed by atoms with Gasteiger partial charge in [-0.25, -0.2) is 13.1 Å². The molecule has 3 N–H and O–H groups in total. The lowest BCUT2D eigenvalue weighted by molar-refractivity contribution is 0.581. The second-order valence-corrected chi connectivity index (χ2v) is 6.84. The van der Waals surface area contributed by atoms with Crippen molar-refractivity contribution >= 4 is 38.8 Å². The van der Waals surface area contributed by atoms with E-state index in [0.717, 1.165) is 5.56 Å². The monoisotopic (exact) mass is 341 g/mol. The number of pyridine rings is 1. The summed E-state index contributed by atoms with van der Waals surface area (Å²) in [5.74, 6) is 0. The summed E-state index contributed by atoms with van der Waals surface area (Å²) in [6, 6.07) is 9.82. The van der Waals surface area contributed by atoms with Crippen molar-refractivity contribution in [3.05, 3.63) is 58.9 Å². The predicted molar refractivity (Wildman–Crippen MR) is 85.6 cm³/mol. The first-order valence-electron chi connectivity index (χ1n) is 5.88. The van der Waals surface area contributed by atoms with Crippen molar-refractivity contribution in [2.45, 2.75) is 11.4 Å². The smallest absolute Gasteiger partial charge is 0.242 e. The molecule has 2 rings (SSSR count). The Balaban J connectivity index is 2.13. The number of sulfonamides is 1. The van der Waals surface area contributed by atoms with Crippen molar-refractivity contribution in [2.75, 3.05) is 0 Å². The second-order valence-electron chi connectivity index (χ2n) is 4.20. The van der Waals surface area contributed by atoms with Gasteiger partial charge in [-0.1, -0.05) is 36.0 Å². The van der Waals surface area contributed by atoms with Crippen LogP contribution in [-0.4, -0.2) is 18.4 Å². The molecule has 110 valence electrons. The fourth-order valence-electron chi connectivity index (χ4n) is 1.59. The van der Waals surface area contributed by atoms with Gasteiger partial charge in [-0.2, -0.15) is 0 Å². The quantitative estimate of drug-likeness (QED) is 0.811. The molecule has 0 radical (unpaired) electrons. The number of hydrogen-bond acceptors (Lipinski definition) is 4. The van der Waals surface area contributed by atoms with Gasteiger partial charge in [-0.05, 0) is 29.8 Å². The summed E-state index contributed by atoms with van der Waals surface area (Å²) in [5, 5.41) is 0.550. The number of benzene rings is 1. The molecule has 0 amide bonds. The van der Waals surface area contributed by atoms with Gasteiger partial charge in [-0.3, -0.25) is 4.98 Å². The van der Waals surface area contributed by atoms with Crippen LogP contribution in [0.3, 0.4) is 0 Å². The summed E-state index contributed by atoms with van der Waals surface area (Å²) in [6.07, 6.45) is 1.22. The molecule has 8 heteroatoms. The number of nitrogens with two attached hydrogens (primary N) is 1. The van der Waals surface area contributed by atoms with Crippen LogP contribution in [0, 0.1) is 0 Å². The van der Waals surface area contributed by atoms with Crippen molar-refractivity contribution in [1.29, 1.82) is 0 Å². The van der Waals surface area contributed by atoms with Gasteiger partial charge < -0.3 is 5.73 Å². The molecule has 21 heavy (non-hydrogen) atoms. The van der Waals surface area contributed by atoms with E-state index in [1.54, 1.807) is 24.3 Å². The molecule has 0 saturated heterocycles. The number of nitrogens with one attached hydrogen (secondary N) is 1. The fourth-order valence-corrected chi connectivity index (χ4v) is 2.89. The molecule has 0 aliphatic rings. The van der Waals surface area contributed by atoms with Crippen LogP contribution >= 0.6 is 23.8 Å². The molecule has 1 heterocycles. The first-order valence-corrected chi connectivity index (χ1v) is 8.15. The number of halogens is 1. The Morgan fingerprint density at radius 3 is 2.67 bits per heavy atom. The van der Waals surface area contributed by atoms with Gasteiger partial charge in [0.1, 0.15) is 9.88 Å². The average molecular weight is 342 g/mol. The lowest BCUT2D eigenvalue weighted by Crippen LogP contribution is -2.23. The van der Waals surface area contributed by atoms with E-state index in [4.69, 9.17) is 29.6 Å². The van der Waals surface area contributed by atoms with E-state index < -0.39 is 10.0 Å². The van der Waals surface area contributed by atoms with E-state index in [1.807, 2.05) is 0 Å². The van der Waals surface area contributed by atoms with Gasteiger partial charge in [0.25, 0.3) is 0 Å².